The standard InChI is InChI=1S/C58H59N9O6/c1-4-43-11-15-45(16-12-43)57(68)66(51-9-5-7-23-60-51)39-41(2)62-25-29-64(30-26-62)49-21-19-47(53-55(49)72-35-33-70-53)37-48-20-22-50(56-54(48)71-34-36-73-56)65-31-27-63(28-32-65)42(3)40-67(52-10-6-8-24-61-52)58(69)46-17-13-44(38-59)14-18-46/h1,5-24,41-42H,25-37,39-40H2,2-3H3/t41-,42+/m0/s1. The van der Waals surface area contributed by atoms with Crippen molar-refractivity contribution in [3.8, 4) is 41.4 Å². The van der Waals surface area contributed by atoms with Gasteiger partial charge in [0, 0.05) is 124 Å². The highest BCUT2D eigenvalue weighted by Crippen LogP contribution is 2.47. The van der Waals surface area contributed by atoms with Crippen LogP contribution in [0, 0.1) is 23.7 Å². The second-order valence-corrected chi connectivity index (χ2v) is 18.7. The third kappa shape index (κ3) is 10.6. The minimum atomic E-state index is -0.157. The summed E-state index contributed by atoms with van der Waals surface area (Å²) in [6.07, 6.45) is 9.56. The molecule has 0 N–H and O–H groups in total. The van der Waals surface area contributed by atoms with Gasteiger partial charge < -0.3 is 28.7 Å². The van der Waals surface area contributed by atoms with Gasteiger partial charge in [-0.3, -0.25) is 29.2 Å². The average molecular weight is 978 g/mol. The monoisotopic (exact) mass is 977 g/mol. The number of nitriles is 1. The number of benzene rings is 4. The maximum absolute atomic E-state index is 13.9. The van der Waals surface area contributed by atoms with Crippen LogP contribution in [0.2, 0.25) is 0 Å². The van der Waals surface area contributed by atoms with E-state index in [2.05, 4.69) is 79.7 Å². The van der Waals surface area contributed by atoms with Crippen molar-refractivity contribution in [1.82, 2.24) is 19.8 Å². The van der Waals surface area contributed by atoms with E-state index < -0.39 is 0 Å². The van der Waals surface area contributed by atoms with Gasteiger partial charge in [0.25, 0.3) is 11.8 Å². The molecule has 10 rings (SSSR count). The number of ether oxygens (including phenoxy) is 4. The van der Waals surface area contributed by atoms with Crippen LogP contribution in [0.5, 0.6) is 23.0 Å². The van der Waals surface area contributed by atoms with Crippen LogP contribution in [0.25, 0.3) is 0 Å². The van der Waals surface area contributed by atoms with Gasteiger partial charge in [-0.15, -0.1) is 6.42 Å². The minimum absolute atomic E-state index is 0.0438. The summed E-state index contributed by atoms with van der Waals surface area (Å²) in [6.45, 7) is 13.4. The van der Waals surface area contributed by atoms with Crippen molar-refractivity contribution >= 4 is 34.8 Å². The summed E-state index contributed by atoms with van der Waals surface area (Å²) >= 11 is 0. The van der Waals surface area contributed by atoms with Crippen LogP contribution >= 0.6 is 0 Å². The highest BCUT2D eigenvalue weighted by atomic mass is 16.6. The molecular formula is C58H59N9O6. The number of carbonyl (C=O) groups is 2. The number of terminal acetylenes is 1. The van der Waals surface area contributed by atoms with Gasteiger partial charge in [0.15, 0.2) is 23.0 Å². The van der Waals surface area contributed by atoms with Gasteiger partial charge >= 0.3 is 0 Å². The molecule has 15 heteroatoms. The Balaban J connectivity index is 0.791. The van der Waals surface area contributed by atoms with Gasteiger partial charge in [-0.1, -0.05) is 30.2 Å². The summed E-state index contributed by atoms with van der Waals surface area (Å²) < 4.78 is 25.7. The first kappa shape index (κ1) is 48.5. The number of aromatic nitrogens is 2. The van der Waals surface area contributed by atoms with E-state index in [1.165, 1.54) is 0 Å². The molecule has 73 heavy (non-hydrogen) atoms. The van der Waals surface area contributed by atoms with Gasteiger partial charge in [-0.2, -0.15) is 5.26 Å². The number of hydrogen-bond donors (Lipinski definition) is 0. The zero-order valence-electron chi connectivity index (χ0n) is 41.4. The molecule has 6 heterocycles. The van der Waals surface area contributed by atoms with Crippen molar-refractivity contribution in [2.24, 2.45) is 0 Å². The Labute approximate surface area is 427 Å². The molecule has 0 radical (unpaired) electrons. The van der Waals surface area contributed by atoms with Gasteiger partial charge in [0.2, 0.25) is 0 Å². The number of anilines is 4. The molecule has 4 aromatic carbocycles. The molecule has 2 fully saturated rings. The third-order valence-electron chi connectivity index (χ3n) is 14.2. The smallest absolute Gasteiger partial charge is 0.259 e. The number of carbonyl (C=O) groups excluding carboxylic acids is 2. The van der Waals surface area contributed by atoms with E-state index in [9.17, 15) is 14.9 Å². The quantitative estimate of drug-likeness (QED) is 0.102. The fourth-order valence-corrected chi connectivity index (χ4v) is 10.2. The highest BCUT2D eigenvalue weighted by molar-refractivity contribution is 6.06. The van der Waals surface area contributed by atoms with Crippen LogP contribution in [0.15, 0.2) is 122 Å². The molecule has 2 amide bonds. The molecule has 0 bridgehead atoms. The molecule has 0 saturated carbocycles. The Kier molecular flexibility index (Phi) is 14.7. The predicted molar refractivity (Wildman–Crippen MR) is 282 cm³/mol. The van der Waals surface area contributed by atoms with Crippen LogP contribution in [0.3, 0.4) is 0 Å². The molecule has 15 nitrogen and oxygen atoms in total. The molecule has 372 valence electrons. The van der Waals surface area contributed by atoms with Crippen LogP contribution in [-0.4, -0.2) is 136 Å². The molecule has 6 aromatic rings. The van der Waals surface area contributed by atoms with E-state index in [0.29, 0.717) is 74.3 Å². The van der Waals surface area contributed by atoms with Crippen LogP contribution < -0.4 is 38.5 Å². The number of nitrogens with zero attached hydrogens (tertiary/aromatic N) is 9. The summed E-state index contributed by atoms with van der Waals surface area (Å²) in [7, 11) is 0. The van der Waals surface area contributed by atoms with Crippen molar-refractivity contribution in [2.75, 3.05) is 111 Å². The van der Waals surface area contributed by atoms with E-state index in [4.69, 9.17) is 25.4 Å². The van der Waals surface area contributed by atoms with Crippen molar-refractivity contribution in [1.29, 1.82) is 5.26 Å². The second-order valence-electron chi connectivity index (χ2n) is 18.7. The lowest BCUT2D eigenvalue weighted by Crippen LogP contribution is -2.53. The summed E-state index contributed by atoms with van der Waals surface area (Å²) in [5.41, 5.74) is 6.36. The molecule has 0 aliphatic carbocycles. The predicted octanol–water partition coefficient (Wildman–Crippen LogP) is 7.18. The zero-order valence-corrected chi connectivity index (χ0v) is 41.4. The van der Waals surface area contributed by atoms with Gasteiger partial charge in [-0.05, 0) is 98.8 Å². The largest absolute Gasteiger partial charge is 0.486 e. The number of amides is 2. The lowest BCUT2D eigenvalue weighted by Gasteiger charge is -2.41. The Bertz CT molecular complexity index is 2780. The van der Waals surface area contributed by atoms with E-state index in [1.807, 2.05) is 36.4 Å². The molecule has 2 saturated heterocycles. The Morgan fingerprint density at radius 1 is 0.562 bits per heavy atom. The van der Waals surface area contributed by atoms with E-state index >= 15 is 0 Å². The topological polar surface area (TPSA) is 140 Å². The van der Waals surface area contributed by atoms with Gasteiger partial charge in [0.05, 0.1) is 23.0 Å². The summed E-state index contributed by atoms with van der Waals surface area (Å²) in [5.74, 6) is 6.60. The Morgan fingerprint density at radius 3 is 1.36 bits per heavy atom. The summed E-state index contributed by atoms with van der Waals surface area (Å²) in [6, 6.07) is 35.9. The van der Waals surface area contributed by atoms with Gasteiger partial charge in [-0.25, -0.2) is 9.97 Å². The zero-order chi connectivity index (χ0) is 50.3. The van der Waals surface area contributed by atoms with Crippen LogP contribution in [0.4, 0.5) is 23.0 Å². The van der Waals surface area contributed by atoms with Crippen LogP contribution in [0.1, 0.15) is 56.8 Å². The molecule has 0 unspecified atom stereocenters. The third-order valence-corrected chi connectivity index (χ3v) is 14.2. The van der Waals surface area contributed by atoms with Crippen molar-refractivity contribution in [2.45, 2.75) is 32.4 Å². The number of fused-ring (bicyclic) bond motifs is 2. The first-order valence-electron chi connectivity index (χ1n) is 25.1. The molecule has 4 aliphatic rings. The SMILES string of the molecule is C#Cc1ccc(C(=O)N(C[C@H](C)N2CCN(c3ccc(Cc4ccc(N5CCN([C@H](C)CN(C(=O)c6ccc(C#N)cc6)c6ccccn6)CC5)c5c4OCCO5)c4c3OCCO4)CC2)c2ccccn2)cc1. The lowest BCUT2D eigenvalue weighted by molar-refractivity contribution is 0.0966. The van der Waals surface area contributed by atoms with E-state index in [-0.39, 0.29) is 23.9 Å². The maximum atomic E-state index is 13.9. The number of hydrogen-bond acceptors (Lipinski definition) is 13. The molecule has 0 spiro atoms. The van der Waals surface area contributed by atoms with E-state index in [0.717, 1.165) is 103 Å². The normalized spacial score (nSPS) is 16.4. The lowest BCUT2D eigenvalue weighted by atomic mass is 9.99. The fraction of sp³-hybridized carbons (Fsp3) is 0.328. The molecular weight excluding hydrogens is 919 g/mol. The molecule has 2 atom stereocenters. The minimum Gasteiger partial charge on any atom is -0.486 e. The number of pyridine rings is 2. The summed E-state index contributed by atoms with van der Waals surface area (Å²) in [4.78, 5) is 50.0. The molecule has 2 aromatic heterocycles. The van der Waals surface area contributed by atoms with Crippen molar-refractivity contribution in [3.05, 3.63) is 155 Å². The summed E-state index contributed by atoms with van der Waals surface area (Å²) in [5, 5.41) is 9.30. The Hall–Kier alpha value is -8.11. The maximum Gasteiger partial charge on any atom is 0.259 e. The van der Waals surface area contributed by atoms with E-state index in [1.54, 1.807) is 70.7 Å². The van der Waals surface area contributed by atoms with Crippen molar-refractivity contribution < 1.29 is 28.5 Å². The average Bonchev–Trinajstić information content (AvgIpc) is 3.46. The second kappa shape index (κ2) is 22.1. The molecule has 4 aliphatic heterocycles. The number of piperazine rings is 2. The Morgan fingerprint density at radius 2 is 0.973 bits per heavy atom. The first-order chi connectivity index (χ1) is 35.8. The van der Waals surface area contributed by atoms with Crippen LogP contribution in [-0.2, 0) is 6.42 Å². The van der Waals surface area contributed by atoms with Gasteiger partial charge in [0.1, 0.15) is 38.1 Å². The fourth-order valence-electron chi connectivity index (χ4n) is 10.2. The highest BCUT2D eigenvalue weighted by Gasteiger charge is 2.33. The van der Waals surface area contributed by atoms with Crippen molar-refractivity contribution in [3.63, 3.8) is 0 Å². The first-order valence-corrected chi connectivity index (χ1v) is 25.1. The number of rotatable bonds is 14.